The Morgan fingerprint density at radius 1 is 1.12 bits per heavy atom. The molecule has 2 aromatic rings. The first-order valence-electron chi connectivity index (χ1n) is 9.00. The summed E-state index contributed by atoms with van der Waals surface area (Å²) in [6, 6.07) is 6.27. The minimum absolute atomic E-state index is 0.193. The minimum atomic E-state index is -0.917. The van der Waals surface area contributed by atoms with E-state index in [-0.39, 0.29) is 17.1 Å². The quantitative estimate of drug-likeness (QED) is 0.789. The van der Waals surface area contributed by atoms with Crippen LogP contribution in [0.15, 0.2) is 33.5 Å². The third-order valence-corrected chi connectivity index (χ3v) is 4.63. The van der Waals surface area contributed by atoms with E-state index in [4.69, 9.17) is 9.15 Å². The van der Waals surface area contributed by atoms with Crippen LogP contribution in [0.1, 0.15) is 48.7 Å². The molecule has 26 heavy (non-hydrogen) atoms. The van der Waals surface area contributed by atoms with E-state index >= 15 is 0 Å². The molecule has 0 N–H and O–H groups in total. The first-order chi connectivity index (χ1) is 12.5. The lowest BCUT2D eigenvalue weighted by Gasteiger charge is -2.23. The fourth-order valence-corrected chi connectivity index (χ4v) is 3.19. The van der Waals surface area contributed by atoms with Crippen molar-refractivity contribution in [1.29, 1.82) is 0 Å². The summed E-state index contributed by atoms with van der Waals surface area (Å²) in [5, 5.41) is 0.412. The van der Waals surface area contributed by atoms with Crippen molar-refractivity contribution in [3.05, 3.63) is 45.8 Å². The van der Waals surface area contributed by atoms with Gasteiger partial charge in [-0.3, -0.25) is 9.59 Å². The van der Waals surface area contributed by atoms with E-state index in [0.29, 0.717) is 24.1 Å². The molecule has 0 spiro atoms. The highest BCUT2D eigenvalue weighted by molar-refractivity contribution is 5.91. The highest BCUT2D eigenvalue weighted by atomic mass is 16.6. The van der Waals surface area contributed by atoms with Crippen LogP contribution in [-0.2, 0) is 9.53 Å². The number of amides is 1. The molecular formula is C20H23NO5. The molecule has 138 valence electrons. The molecule has 0 aliphatic carbocycles. The van der Waals surface area contributed by atoms with Crippen LogP contribution in [0.25, 0.3) is 11.0 Å². The molecule has 1 aliphatic heterocycles. The van der Waals surface area contributed by atoms with Crippen molar-refractivity contribution < 1.29 is 18.7 Å². The van der Waals surface area contributed by atoms with Gasteiger partial charge >= 0.3 is 5.97 Å². The van der Waals surface area contributed by atoms with Crippen molar-refractivity contribution in [3.8, 4) is 0 Å². The Morgan fingerprint density at radius 3 is 2.50 bits per heavy atom. The van der Waals surface area contributed by atoms with E-state index in [1.165, 1.54) is 0 Å². The van der Waals surface area contributed by atoms with Gasteiger partial charge in [0.05, 0.1) is 5.39 Å². The fraction of sp³-hybridized carbons (Fsp3) is 0.450. The second-order valence-electron chi connectivity index (χ2n) is 6.76. The van der Waals surface area contributed by atoms with Crippen molar-refractivity contribution in [3.63, 3.8) is 0 Å². The minimum Gasteiger partial charge on any atom is -0.449 e. The van der Waals surface area contributed by atoms with E-state index in [0.717, 1.165) is 37.3 Å². The van der Waals surface area contributed by atoms with Gasteiger partial charge in [-0.1, -0.05) is 24.5 Å². The molecule has 1 aromatic carbocycles. The zero-order valence-electron chi connectivity index (χ0n) is 15.1. The van der Waals surface area contributed by atoms with Gasteiger partial charge in [0, 0.05) is 19.2 Å². The van der Waals surface area contributed by atoms with Gasteiger partial charge in [0.15, 0.2) is 11.5 Å². The Labute approximate surface area is 151 Å². The maximum absolute atomic E-state index is 12.5. The normalized spacial score (nSPS) is 16.2. The molecule has 1 saturated heterocycles. The topological polar surface area (TPSA) is 76.8 Å². The van der Waals surface area contributed by atoms with Gasteiger partial charge in [0.1, 0.15) is 5.58 Å². The molecule has 1 amide bonds. The summed E-state index contributed by atoms with van der Waals surface area (Å²) in [6.45, 7) is 4.79. The maximum Gasteiger partial charge on any atom is 0.375 e. The van der Waals surface area contributed by atoms with Gasteiger partial charge in [0.2, 0.25) is 5.76 Å². The van der Waals surface area contributed by atoms with E-state index < -0.39 is 12.1 Å². The van der Waals surface area contributed by atoms with Crippen LogP contribution >= 0.6 is 0 Å². The van der Waals surface area contributed by atoms with Crippen LogP contribution in [0.3, 0.4) is 0 Å². The van der Waals surface area contributed by atoms with E-state index in [1.807, 2.05) is 6.92 Å². The van der Waals surface area contributed by atoms with Crippen molar-refractivity contribution >= 4 is 22.8 Å². The number of rotatable bonds is 3. The Kier molecular flexibility index (Phi) is 5.40. The molecule has 6 heteroatoms. The molecule has 1 aliphatic rings. The fourth-order valence-electron chi connectivity index (χ4n) is 3.19. The number of fused-ring (bicyclic) bond motifs is 1. The van der Waals surface area contributed by atoms with Gasteiger partial charge in [-0.15, -0.1) is 0 Å². The monoisotopic (exact) mass is 357 g/mol. The molecule has 1 aromatic heterocycles. The SMILES string of the molecule is Cc1ccc2oc(C(=O)O[C@H](C)C(=O)N3CCCCCC3)cc(=O)c2c1. The predicted molar refractivity (Wildman–Crippen MR) is 97.1 cm³/mol. The summed E-state index contributed by atoms with van der Waals surface area (Å²) < 4.78 is 10.8. The number of ether oxygens (including phenoxy) is 1. The number of carbonyl (C=O) groups excluding carboxylic acids is 2. The highest BCUT2D eigenvalue weighted by Crippen LogP contribution is 2.16. The standard InChI is InChI=1S/C20H23NO5/c1-13-7-8-17-15(11-13)16(22)12-18(26-17)20(24)25-14(2)19(23)21-9-5-3-4-6-10-21/h7-8,11-12,14H,3-6,9-10H2,1-2H3/t14-/m1/s1. The average Bonchev–Trinajstić information content (AvgIpc) is 2.90. The molecule has 1 atom stereocenters. The van der Waals surface area contributed by atoms with Crippen LogP contribution in [0.5, 0.6) is 0 Å². The lowest BCUT2D eigenvalue weighted by Crippen LogP contribution is -2.40. The number of esters is 1. The zero-order valence-corrected chi connectivity index (χ0v) is 15.1. The van der Waals surface area contributed by atoms with Crippen LogP contribution in [0.2, 0.25) is 0 Å². The lowest BCUT2D eigenvalue weighted by atomic mass is 10.1. The number of hydrogen-bond donors (Lipinski definition) is 0. The zero-order chi connectivity index (χ0) is 18.7. The molecule has 1 fully saturated rings. The second kappa shape index (κ2) is 7.72. The molecule has 2 heterocycles. The number of nitrogens with zero attached hydrogens (tertiary/aromatic N) is 1. The second-order valence-corrected chi connectivity index (χ2v) is 6.76. The van der Waals surface area contributed by atoms with Crippen LogP contribution in [0, 0.1) is 6.92 Å². The van der Waals surface area contributed by atoms with Crippen molar-refractivity contribution in [2.24, 2.45) is 0 Å². The average molecular weight is 357 g/mol. The van der Waals surface area contributed by atoms with Crippen molar-refractivity contribution in [2.75, 3.05) is 13.1 Å². The lowest BCUT2D eigenvalue weighted by molar-refractivity contribution is -0.139. The van der Waals surface area contributed by atoms with Crippen LogP contribution in [0.4, 0.5) is 0 Å². The van der Waals surface area contributed by atoms with Crippen LogP contribution in [-0.4, -0.2) is 36.0 Å². The summed E-state index contributed by atoms with van der Waals surface area (Å²) in [7, 11) is 0. The summed E-state index contributed by atoms with van der Waals surface area (Å²) >= 11 is 0. The van der Waals surface area contributed by atoms with Gasteiger partial charge in [-0.05, 0) is 38.8 Å². The number of benzene rings is 1. The molecule has 0 unspecified atom stereocenters. The predicted octanol–water partition coefficient (Wildman–Crippen LogP) is 3.05. The Balaban J connectivity index is 1.74. The smallest absolute Gasteiger partial charge is 0.375 e. The Morgan fingerprint density at radius 2 is 1.81 bits per heavy atom. The van der Waals surface area contributed by atoms with Crippen molar-refractivity contribution in [1.82, 2.24) is 4.90 Å². The molecule has 0 radical (unpaired) electrons. The summed E-state index contributed by atoms with van der Waals surface area (Å²) in [4.78, 5) is 38.8. The van der Waals surface area contributed by atoms with E-state index in [9.17, 15) is 14.4 Å². The molecule has 6 nitrogen and oxygen atoms in total. The largest absolute Gasteiger partial charge is 0.449 e. The first kappa shape index (κ1) is 18.2. The molecule has 3 rings (SSSR count). The third-order valence-electron chi connectivity index (χ3n) is 4.63. The summed E-state index contributed by atoms with van der Waals surface area (Å²) in [6.07, 6.45) is 3.23. The number of likely N-dealkylation sites (tertiary alicyclic amines) is 1. The summed E-state index contributed by atoms with van der Waals surface area (Å²) in [5.41, 5.74) is 0.937. The Hall–Kier alpha value is -2.63. The first-order valence-corrected chi connectivity index (χ1v) is 9.00. The van der Waals surface area contributed by atoms with Gasteiger partial charge in [-0.2, -0.15) is 0 Å². The van der Waals surface area contributed by atoms with E-state index in [1.54, 1.807) is 30.0 Å². The number of carbonyl (C=O) groups is 2. The number of hydrogen-bond acceptors (Lipinski definition) is 5. The third kappa shape index (κ3) is 3.95. The van der Waals surface area contributed by atoms with E-state index in [2.05, 4.69) is 0 Å². The van der Waals surface area contributed by atoms with Crippen molar-refractivity contribution in [2.45, 2.75) is 45.6 Å². The van der Waals surface area contributed by atoms with Crippen LogP contribution < -0.4 is 5.43 Å². The maximum atomic E-state index is 12.5. The van der Waals surface area contributed by atoms with Gasteiger partial charge < -0.3 is 14.1 Å². The molecule has 0 bridgehead atoms. The van der Waals surface area contributed by atoms with Gasteiger partial charge in [0.25, 0.3) is 5.91 Å². The molecule has 0 saturated carbocycles. The highest BCUT2D eigenvalue weighted by Gasteiger charge is 2.26. The Bertz CT molecular complexity index is 877. The van der Waals surface area contributed by atoms with Gasteiger partial charge in [-0.25, -0.2) is 4.79 Å². The number of aryl methyl sites for hydroxylation is 1. The summed E-state index contributed by atoms with van der Waals surface area (Å²) in [5.74, 6) is -1.21. The molecular weight excluding hydrogens is 334 g/mol.